The maximum Gasteiger partial charge on any atom is 0.275 e. The van der Waals surface area contributed by atoms with Crippen molar-refractivity contribution in [2.24, 2.45) is 0 Å². The highest BCUT2D eigenvalue weighted by molar-refractivity contribution is 5.92. The first-order valence-corrected chi connectivity index (χ1v) is 5.20. The molecule has 16 heavy (non-hydrogen) atoms. The Labute approximate surface area is 95.0 Å². The van der Waals surface area contributed by atoms with Crippen molar-refractivity contribution in [2.45, 2.75) is 39.7 Å². The van der Waals surface area contributed by atoms with Crippen LogP contribution in [0.3, 0.4) is 0 Å². The molecular formula is C10H19N3O3. The van der Waals surface area contributed by atoms with Crippen molar-refractivity contribution in [1.82, 2.24) is 15.6 Å². The highest BCUT2D eigenvalue weighted by Crippen LogP contribution is 2.12. The molecule has 0 radical (unpaired) electrons. The van der Waals surface area contributed by atoms with E-state index in [1.54, 1.807) is 13.8 Å². The minimum Gasteiger partial charge on any atom is -0.390 e. The molecule has 92 valence electrons. The maximum atomic E-state index is 11.2. The standard InChI is InChI=1S/C8H13N3O3.C2H6/c1-8(2,13)4-5-6(7(12)9-3)11-14-10-5;1-2/h13H,4H2,1-3H3,(H,9,12);1-2H3. The van der Waals surface area contributed by atoms with Crippen LogP contribution in [0.15, 0.2) is 4.63 Å². The molecule has 2 N–H and O–H groups in total. The second-order valence-electron chi connectivity index (χ2n) is 3.63. The van der Waals surface area contributed by atoms with E-state index in [-0.39, 0.29) is 18.0 Å². The summed E-state index contributed by atoms with van der Waals surface area (Å²) in [6.07, 6.45) is 0.221. The normalized spacial score (nSPS) is 10.4. The largest absolute Gasteiger partial charge is 0.390 e. The highest BCUT2D eigenvalue weighted by Gasteiger charge is 2.23. The van der Waals surface area contributed by atoms with Crippen LogP contribution in [0.1, 0.15) is 43.9 Å². The van der Waals surface area contributed by atoms with Crippen LogP contribution >= 0.6 is 0 Å². The summed E-state index contributed by atoms with van der Waals surface area (Å²) < 4.78 is 4.44. The first-order chi connectivity index (χ1) is 7.44. The zero-order valence-corrected chi connectivity index (χ0v) is 10.4. The van der Waals surface area contributed by atoms with Crippen LogP contribution in [-0.4, -0.2) is 34.0 Å². The first kappa shape index (κ1) is 14.6. The Kier molecular flexibility index (Phi) is 5.66. The van der Waals surface area contributed by atoms with Crippen LogP contribution in [0.25, 0.3) is 0 Å². The van der Waals surface area contributed by atoms with Gasteiger partial charge in [0.15, 0.2) is 5.69 Å². The van der Waals surface area contributed by atoms with Gasteiger partial charge in [-0.25, -0.2) is 4.63 Å². The zero-order chi connectivity index (χ0) is 12.8. The van der Waals surface area contributed by atoms with Gasteiger partial charge in [-0.2, -0.15) is 0 Å². The van der Waals surface area contributed by atoms with Crippen molar-refractivity contribution >= 4 is 5.91 Å². The number of aliphatic hydroxyl groups is 1. The van der Waals surface area contributed by atoms with Crippen molar-refractivity contribution in [3.63, 3.8) is 0 Å². The number of hydrogen-bond donors (Lipinski definition) is 2. The molecule has 0 fully saturated rings. The second-order valence-corrected chi connectivity index (χ2v) is 3.63. The van der Waals surface area contributed by atoms with E-state index in [0.717, 1.165) is 0 Å². The van der Waals surface area contributed by atoms with Gasteiger partial charge in [-0.15, -0.1) is 0 Å². The molecule has 6 heteroatoms. The fourth-order valence-corrected chi connectivity index (χ4v) is 1.02. The Balaban J connectivity index is 0.00000106. The molecule has 1 aromatic heterocycles. The molecule has 0 saturated carbocycles. The Bertz CT molecular complexity index is 328. The predicted octanol–water partition coefficient (Wildman–Crippen LogP) is 0.769. The van der Waals surface area contributed by atoms with Crippen molar-refractivity contribution in [2.75, 3.05) is 7.05 Å². The van der Waals surface area contributed by atoms with Crippen LogP contribution in [0.2, 0.25) is 0 Å². The average Bonchev–Trinajstić information content (AvgIpc) is 2.65. The van der Waals surface area contributed by atoms with Crippen LogP contribution in [0.5, 0.6) is 0 Å². The SMILES string of the molecule is CC.CNC(=O)c1nonc1CC(C)(C)O. The number of nitrogens with one attached hydrogen (secondary N) is 1. The molecule has 0 bridgehead atoms. The van der Waals surface area contributed by atoms with Crippen LogP contribution in [0, 0.1) is 0 Å². The maximum absolute atomic E-state index is 11.2. The van der Waals surface area contributed by atoms with Crippen LogP contribution < -0.4 is 5.32 Å². The van der Waals surface area contributed by atoms with Crippen molar-refractivity contribution in [3.8, 4) is 0 Å². The lowest BCUT2D eigenvalue weighted by Crippen LogP contribution is -2.26. The third-order valence-electron chi connectivity index (χ3n) is 1.60. The van der Waals surface area contributed by atoms with E-state index < -0.39 is 5.60 Å². The van der Waals surface area contributed by atoms with E-state index in [9.17, 15) is 9.90 Å². The fourth-order valence-electron chi connectivity index (χ4n) is 1.02. The number of carbonyl (C=O) groups is 1. The lowest BCUT2D eigenvalue weighted by atomic mass is 10.0. The molecule has 6 nitrogen and oxygen atoms in total. The van der Waals surface area contributed by atoms with Crippen molar-refractivity contribution in [3.05, 3.63) is 11.4 Å². The number of amides is 1. The van der Waals surface area contributed by atoms with E-state index in [2.05, 4.69) is 20.3 Å². The number of carbonyl (C=O) groups excluding carboxylic acids is 1. The minimum atomic E-state index is -0.943. The lowest BCUT2D eigenvalue weighted by Gasteiger charge is -2.14. The number of rotatable bonds is 3. The quantitative estimate of drug-likeness (QED) is 0.799. The molecule has 1 aromatic rings. The molecule has 0 saturated heterocycles. The summed E-state index contributed by atoms with van der Waals surface area (Å²) in [6, 6.07) is 0. The summed E-state index contributed by atoms with van der Waals surface area (Å²) in [4.78, 5) is 11.2. The molecule has 0 atom stereocenters. The second kappa shape index (κ2) is 6.22. The number of nitrogens with zero attached hydrogens (tertiary/aromatic N) is 2. The third-order valence-corrected chi connectivity index (χ3v) is 1.60. The molecule has 1 heterocycles. The number of hydrogen-bond acceptors (Lipinski definition) is 5. The minimum absolute atomic E-state index is 0.120. The fraction of sp³-hybridized carbons (Fsp3) is 0.700. The molecular weight excluding hydrogens is 210 g/mol. The molecule has 0 unspecified atom stereocenters. The van der Waals surface area contributed by atoms with Crippen LogP contribution in [-0.2, 0) is 6.42 Å². The average molecular weight is 229 g/mol. The molecule has 0 spiro atoms. The molecule has 1 rings (SSSR count). The van der Waals surface area contributed by atoms with Crippen molar-refractivity contribution < 1.29 is 14.5 Å². The molecule has 0 aliphatic heterocycles. The topological polar surface area (TPSA) is 88.3 Å². The van der Waals surface area contributed by atoms with Gasteiger partial charge < -0.3 is 10.4 Å². The summed E-state index contributed by atoms with van der Waals surface area (Å²) in [6.45, 7) is 7.24. The molecule has 0 aliphatic rings. The van der Waals surface area contributed by atoms with E-state index in [1.165, 1.54) is 7.05 Å². The van der Waals surface area contributed by atoms with Gasteiger partial charge in [0.05, 0.1) is 5.60 Å². The molecule has 0 aromatic carbocycles. The first-order valence-electron chi connectivity index (χ1n) is 5.20. The van der Waals surface area contributed by atoms with E-state index in [4.69, 9.17) is 0 Å². The smallest absolute Gasteiger partial charge is 0.275 e. The van der Waals surface area contributed by atoms with Gasteiger partial charge in [0.25, 0.3) is 5.91 Å². The Morgan fingerprint density at radius 1 is 1.44 bits per heavy atom. The number of aromatic nitrogens is 2. The van der Waals surface area contributed by atoms with E-state index in [0.29, 0.717) is 5.69 Å². The van der Waals surface area contributed by atoms with E-state index >= 15 is 0 Å². The predicted molar refractivity (Wildman–Crippen MR) is 59.0 cm³/mol. The molecule has 0 aliphatic carbocycles. The summed E-state index contributed by atoms with van der Waals surface area (Å²) >= 11 is 0. The van der Waals surface area contributed by atoms with Crippen LogP contribution in [0.4, 0.5) is 0 Å². The van der Waals surface area contributed by atoms with Gasteiger partial charge in [0, 0.05) is 13.5 Å². The Morgan fingerprint density at radius 2 is 2.00 bits per heavy atom. The van der Waals surface area contributed by atoms with Gasteiger partial charge >= 0.3 is 0 Å². The summed E-state index contributed by atoms with van der Waals surface area (Å²) in [7, 11) is 1.49. The van der Waals surface area contributed by atoms with Crippen molar-refractivity contribution in [1.29, 1.82) is 0 Å². The Morgan fingerprint density at radius 3 is 2.44 bits per heavy atom. The van der Waals surface area contributed by atoms with Gasteiger partial charge in [-0.3, -0.25) is 4.79 Å². The zero-order valence-electron chi connectivity index (χ0n) is 10.4. The monoisotopic (exact) mass is 229 g/mol. The van der Waals surface area contributed by atoms with Gasteiger partial charge in [-0.1, -0.05) is 19.0 Å². The van der Waals surface area contributed by atoms with Gasteiger partial charge in [0.2, 0.25) is 0 Å². The summed E-state index contributed by atoms with van der Waals surface area (Å²) in [5.41, 5.74) is -0.465. The highest BCUT2D eigenvalue weighted by atomic mass is 16.6. The molecule has 1 amide bonds. The summed E-state index contributed by atoms with van der Waals surface area (Å²) in [5.74, 6) is -0.370. The van der Waals surface area contributed by atoms with Gasteiger partial charge in [-0.05, 0) is 19.0 Å². The Hall–Kier alpha value is -1.43. The third kappa shape index (κ3) is 4.39. The summed E-state index contributed by atoms with van der Waals surface area (Å²) in [5, 5.41) is 19.0. The lowest BCUT2D eigenvalue weighted by molar-refractivity contribution is 0.0785. The van der Waals surface area contributed by atoms with Gasteiger partial charge in [0.1, 0.15) is 5.69 Å². The van der Waals surface area contributed by atoms with E-state index in [1.807, 2.05) is 13.8 Å².